The lowest BCUT2D eigenvalue weighted by molar-refractivity contribution is -0.139. The summed E-state index contributed by atoms with van der Waals surface area (Å²) in [6.45, 7) is 2.60. The Bertz CT molecular complexity index is 613. The van der Waals surface area contributed by atoms with E-state index in [1.54, 1.807) is 17.4 Å². The third kappa shape index (κ3) is 3.95. The molecule has 2 heterocycles. The number of nitrogens with one attached hydrogen (secondary N) is 1. The van der Waals surface area contributed by atoms with Crippen LogP contribution >= 0.6 is 22.9 Å². The second-order valence-electron chi connectivity index (χ2n) is 4.24. The van der Waals surface area contributed by atoms with Crippen molar-refractivity contribution in [2.24, 2.45) is 0 Å². The molecule has 0 amide bonds. The molecule has 106 valence electrons. The second kappa shape index (κ2) is 6.72. The van der Waals surface area contributed by atoms with Crippen LogP contribution in [0.3, 0.4) is 0 Å². The van der Waals surface area contributed by atoms with E-state index >= 15 is 0 Å². The van der Waals surface area contributed by atoms with E-state index < -0.39 is 0 Å². The van der Waals surface area contributed by atoms with Gasteiger partial charge in [0.1, 0.15) is 5.15 Å². The van der Waals surface area contributed by atoms with Crippen LogP contribution < -0.4 is 5.32 Å². The minimum Gasteiger partial charge on any atom is -0.469 e. The summed E-state index contributed by atoms with van der Waals surface area (Å²) in [5, 5.41) is 3.80. The first-order chi connectivity index (χ1) is 9.58. The number of hydrogen-bond donors (Lipinski definition) is 1. The van der Waals surface area contributed by atoms with Gasteiger partial charge in [-0.3, -0.25) is 4.79 Å². The highest BCUT2D eigenvalue weighted by Gasteiger charge is 2.07. The number of ether oxygens (including phenoxy) is 1. The van der Waals surface area contributed by atoms with Gasteiger partial charge >= 0.3 is 5.97 Å². The first-order valence-electron chi connectivity index (χ1n) is 6.10. The molecule has 2 aromatic heterocycles. The third-order valence-corrected chi connectivity index (χ3v) is 4.06. The summed E-state index contributed by atoms with van der Waals surface area (Å²) in [5.41, 5.74) is 1.82. The van der Waals surface area contributed by atoms with Crippen LogP contribution in [0.1, 0.15) is 15.4 Å². The summed E-state index contributed by atoms with van der Waals surface area (Å²) in [5.74, 6) is -0.218. The van der Waals surface area contributed by atoms with Gasteiger partial charge in [-0.2, -0.15) is 0 Å². The van der Waals surface area contributed by atoms with Crippen LogP contribution in [0.5, 0.6) is 0 Å². The number of aryl methyl sites for hydroxylation is 1. The largest absolute Gasteiger partial charge is 0.469 e. The van der Waals surface area contributed by atoms with E-state index in [-0.39, 0.29) is 5.97 Å². The molecule has 0 aliphatic heterocycles. The first kappa shape index (κ1) is 14.8. The Kier molecular flexibility index (Phi) is 4.98. The lowest BCUT2D eigenvalue weighted by Gasteiger charge is -2.07. The van der Waals surface area contributed by atoms with Crippen molar-refractivity contribution in [1.29, 1.82) is 0 Å². The molecule has 0 radical (unpaired) electrons. The molecule has 0 aliphatic rings. The molecule has 0 unspecified atom stereocenters. The highest BCUT2D eigenvalue weighted by atomic mass is 35.5. The molecule has 2 rings (SSSR count). The van der Waals surface area contributed by atoms with E-state index in [1.807, 2.05) is 25.1 Å². The number of anilines is 1. The van der Waals surface area contributed by atoms with Crippen LogP contribution in [0, 0.1) is 6.92 Å². The number of thiophene rings is 1. The monoisotopic (exact) mass is 310 g/mol. The van der Waals surface area contributed by atoms with Crippen molar-refractivity contribution in [2.45, 2.75) is 19.9 Å². The second-order valence-corrected chi connectivity index (χ2v) is 5.88. The lowest BCUT2D eigenvalue weighted by atomic mass is 10.3. The lowest BCUT2D eigenvalue weighted by Crippen LogP contribution is -2.02. The molecule has 0 saturated carbocycles. The summed E-state index contributed by atoms with van der Waals surface area (Å²) in [7, 11) is 1.40. The van der Waals surface area contributed by atoms with E-state index in [1.165, 1.54) is 7.11 Å². The molecule has 1 N–H and O–H groups in total. The standard InChI is InChI=1S/C14H15ClN2O2S/c1-9-12(5-6-13(15)17-9)16-8-11-4-3-10(20-11)7-14(18)19-2/h3-6,16H,7-8H2,1-2H3. The predicted molar refractivity (Wildman–Crippen MR) is 81.3 cm³/mol. The summed E-state index contributed by atoms with van der Waals surface area (Å²) in [6.07, 6.45) is 0.322. The number of carbonyl (C=O) groups excluding carboxylic acids is 1. The van der Waals surface area contributed by atoms with Crippen LogP contribution in [-0.2, 0) is 22.5 Å². The molecule has 0 saturated heterocycles. The molecule has 0 aliphatic carbocycles. The highest BCUT2D eigenvalue weighted by molar-refractivity contribution is 7.12. The van der Waals surface area contributed by atoms with Crippen LogP contribution in [-0.4, -0.2) is 18.1 Å². The Morgan fingerprint density at radius 3 is 2.80 bits per heavy atom. The number of hydrogen-bond acceptors (Lipinski definition) is 5. The highest BCUT2D eigenvalue weighted by Crippen LogP contribution is 2.21. The molecule has 0 aromatic carbocycles. The normalized spacial score (nSPS) is 10.3. The fourth-order valence-corrected chi connectivity index (χ4v) is 2.86. The van der Waals surface area contributed by atoms with Crippen molar-refractivity contribution in [1.82, 2.24) is 4.98 Å². The number of carbonyl (C=O) groups is 1. The number of pyridine rings is 1. The number of halogens is 1. The maximum atomic E-state index is 11.2. The van der Waals surface area contributed by atoms with Gasteiger partial charge in [0.2, 0.25) is 0 Å². The number of methoxy groups -OCH3 is 1. The van der Waals surface area contributed by atoms with Gasteiger partial charge in [0.05, 0.1) is 24.9 Å². The zero-order valence-corrected chi connectivity index (χ0v) is 12.8. The van der Waals surface area contributed by atoms with Gasteiger partial charge in [0.15, 0.2) is 0 Å². The van der Waals surface area contributed by atoms with Gasteiger partial charge in [-0.15, -0.1) is 11.3 Å². The quantitative estimate of drug-likeness (QED) is 0.679. The maximum absolute atomic E-state index is 11.2. The molecule has 0 spiro atoms. The van der Waals surface area contributed by atoms with Crippen LogP contribution in [0.15, 0.2) is 24.3 Å². The van der Waals surface area contributed by atoms with Crippen molar-refractivity contribution in [3.8, 4) is 0 Å². The van der Waals surface area contributed by atoms with Crippen molar-refractivity contribution >= 4 is 34.6 Å². The number of aromatic nitrogens is 1. The zero-order valence-electron chi connectivity index (χ0n) is 11.3. The topological polar surface area (TPSA) is 51.2 Å². The average molecular weight is 311 g/mol. The Morgan fingerprint density at radius 1 is 1.35 bits per heavy atom. The summed E-state index contributed by atoms with van der Waals surface area (Å²) in [6, 6.07) is 7.63. The van der Waals surface area contributed by atoms with Gasteiger partial charge < -0.3 is 10.1 Å². The fraction of sp³-hybridized carbons (Fsp3) is 0.286. The Balaban J connectivity index is 1.95. The van der Waals surface area contributed by atoms with E-state index in [0.717, 1.165) is 21.1 Å². The predicted octanol–water partition coefficient (Wildman–Crippen LogP) is 3.43. The smallest absolute Gasteiger partial charge is 0.310 e. The third-order valence-electron chi connectivity index (χ3n) is 2.77. The molecule has 0 fully saturated rings. The van der Waals surface area contributed by atoms with Crippen molar-refractivity contribution in [3.63, 3.8) is 0 Å². The maximum Gasteiger partial charge on any atom is 0.310 e. The van der Waals surface area contributed by atoms with Crippen LogP contribution in [0.2, 0.25) is 5.15 Å². The van der Waals surface area contributed by atoms with Crippen molar-refractivity contribution in [2.75, 3.05) is 12.4 Å². The molecular weight excluding hydrogens is 296 g/mol. The number of nitrogens with zero attached hydrogens (tertiary/aromatic N) is 1. The van der Waals surface area contributed by atoms with Crippen molar-refractivity contribution in [3.05, 3.63) is 44.9 Å². The van der Waals surface area contributed by atoms with Crippen LogP contribution in [0.25, 0.3) is 0 Å². The number of rotatable bonds is 5. The van der Waals surface area contributed by atoms with E-state index in [0.29, 0.717) is 18.1 Å². The SMILES string of the molecule is COC(=O)Cc1ccc(CNc2ccc(Cl)nc2C)s1. The van der Waals surface area contributed by atoms with E-state index in [4.69, 9.17) is 11.6 Å². The molecule has 4 nitrogen and oxygen atoms in total. The van der Waals surface area contributed by atoms with Gasteiger partial charge in [-0.1, -0.05) is 11.6 Å². The first-order valence-corrected chi connectivity index (χ1v) is 7.29. The molecule has 2 aromatic rings. The minimum atomic E-state index is -0.218. The fourth-order valence-electron chi connectivity index (χ4n) is 1.73. The van der Waals surface area contributed by atoms with Crippen LogP contribution in [0.4, 0.5) is 5.69 Å². The van der Waals surface area contributed by atoms with Gasteiger partial charge in [-0.05, 0) is 31.2 Å². The number of esters is 1. The summed E-state index contributed by atoms with van der Waals surface area (Å²) >= 11 is 7.41. The summed E-state index contributed by atoms with van der Waals surface area (Å²) < 4.78 is 4.65. The minimum absolute atomic E-state index is 0.218. The van der Waals surface area contributed by atoms with Gasteiger partial charge in [0, 0.05) is 16.3 Å². The van der Waals surface area contributed by atoms with Gasteiger partial charge in [-0.25, -0.2) is 4.98 Å². The molecule has 0 bridgehead atoms. The molecular formula is C14H15ClN2O2S. The van der Waals surface area contributed by atoms with Crippen molar-refractivity contribution < 1.29 is 9.53 Å². The van der Waals surface area contributed by atoms with E-state index in [2.05, 4.69) is 15.0 Å². The van der Waals surface area contributed by atoms with E-state index in [9.17, 15) is 4.79 Å². The molecule has 6 heteroatoms. The van der Waals surface area contributed by atoms with Gasteiger partial charge in [0.25, 0.3) is 0 Å². The molecule has 0 atom stereocenters. The zero-order chi connectivity index (χ0) is 14.5. The Hall–Kier alpha value is -1.59. The Labute approximate surface area is 126 Å². The Morgan fingerprint density at radius 2 is 2.10 bits per heavy atom. The average Bonchev–Trinajstić information content (AvgIpc) is 2.85. The summed E-state index contributed by atoms with van der Waals surface area (Å²) in [4.78, 5) is 17.5. The molecule has 20 heavy (non-hydrogen) atoms.